The van der Waals surface area contributed by atoms with E-state index >= 15 is 0 Å². The van der Waals surface area contributed by atoms with Crippen LogP contribution in [0, 0.1) is 0 Å². The van der Waals surface area contributed by atoms with Crippen LogP contribution in [0.3, 0.4) is 0 Å². The highest BCUT2D eigenvalue weighted by Gasteiger charge is 2.28. The number of sulfonamides is 1. The Morgan fingerprint density at radius 2 is 1.79 bits per heavy atom. The zero-order valence-electron chi connectivity index (χ0n) is 18.5. The Hall–Kier alpha value is -2.86. The van der Waals surface area contributed by atoms with Crippen molar-refractivity contribution in [3.05, 3.63) is 53.7 Å². The van der Waals surface area contributed by atoms with E-state index in [2.05, 4.69) is 20.4 Å². The van der Waals surface area contributed by atoms with Gasteiger partial charge in [0.15, 0.2) is 6.61 Å². The van der Waals surface area contributed by atoms with Crippen molar-refractivity contribution in [1.82, 2.24) is 19.9 Å². The number of hydrogen-bond donors (Lipinski definition) is 2. The molecule has 2 rings (SSSR count). The van der Waals surface area contributed by atoms with Gasteiger partial charge in [0.1, 0.15) is 0 Å². The normalized spacial score (nSPS) is 12.9. The van der Waals surface area contributed by atoms with Gasteiger partial charge in [-0.2, -0.15) is 17.5 Å². The monoisotopic (exact) mass is 488 g/mol. The largest absolute Gasteiger partial charge is 0.468 e. The number of carbonyl (C=O) groups excluding carboxylic acids is 1. The smallest absolute Gasteiger partial charge is 0.422 e. The number of ether oxygens (including phenoxy) is 1. The van der Waals surface area contributed by atoms with E-state index in [1.54, 1.807) is 39.0 Å². The van der Waals surface area contributed by atoms with Crippen molar-refractivity contribution in [3.8, 4) is 5.88 Å². The summed E-state index contributed by atoms with van der Waals surface area (Å²) in [6.07, 6.45) is -3.18. The molecule has 12 heteroatoms. The van der Waals surface area contributed by atoms with Crippen LogP contribution < -0.4 is 15.4 Å². The van der Waals surface area contributed by atoms with Crippen molar-refractivity contribution >= 4 is 16.1 Å². The molecule has 0 aliphatic carbocycles. The first kappa shape index (κ1) is 26.4. The second-order valence-electron chi connectivity index (χ2n) is 7.11. The van der Waals surface area contributed by atoms with E-state index in [-0.39, 0.29) is 17.3 Å². The summed E-state index contributed by atoms with van der Waals surface area (Å²) in [6.45, 7) is 4.60. The number of alkyl halides is 3. The van der Waals surface area contributed by atoms with Gasteiger partial charge in [0, 0.05) is 31.9 Å². The molecule has 0 bridgehead atoms. The van der Waals surface area contributed by atoms with E-state index in [4.69, 9.17) is 0 Å². The van der Waals surface area contributed by atoms with Crippen LogP contribution in [0.4, 0.5) is 18.0 Å². The van der Waals surface area contributed by atoms with E-state index < -0.39 is 34.9 Å². The number of amides is 2. The Balaban J connectivity index is 1.92. The Kier molecular flexibility index (Phi) is 9.06. The van der Waals surface area contributed by atoms with Crippen molar-refractivity contribution in [2.24, 2.45) is 0 Å². The molecule has 1 heterocycles. The highest BCUT2D eigenvalue weighted by atomic mass is 32.2. The van der Waals surface area contributed by atoms with Crippen molar-refractivity contribution in [1.29, 1.82) is 0 Å². The van der Waals surface area contributed by atoms with E-state index in [0.717, 1.165) is 0 Å². The number of nitrogens with one attached hydrogen (secondary N) is 2. The maximum atomic E-state index is 12.6. The fourth-order valence-corrected chi connectivity index (χ4v) is 4.41. The van der Waals surface area contributed by atoms with E-state index in [9.17, 15) is 26.4 Å². The minimum atomic E-state index is -4.47. The summed E-state index contributed by atoms with van der Waals surface area (Å²) in [5, 5.41) is 5.33. The lowest BCUT2D eigenvalue weighted by Gasteiger charge is -2.19. The fourth-order valence-electron chi connectivity index (χ4n) is 2.95. The Bertz CT molecular complexity index is 1030. The van der Waals surface area contributed by atoms with Crippen LogP contribution in [0.25, 0.3) is 0 Å². The Morgan fingerprint density at radius 1 is 1.15 bits per heavy atom. The van der Waals surface area contributed by atoms with Crippen LogP contribution in [0.2, 0.25) is 0 Å². The summed E-state index contributed by atoms with van der Waals surface area (Å²) in [6, 6.07) is 8.19. The number of pyridine rings is 1. The SMILES string of the molecule is CCN(CC)S(=O)(=O)c1ccc(C(C)NC(=O)NCc2ccnc(OCC(F)(F)F)c2)cc1. The van der Waals surface area contributed by atoms with Gasteiger partial charge in [-0.15, -0.1) is 0 Å². The van der Waals surface area contributed by atoms with Crippen molar-refractivity contribution < 1.29 is 31.1 Å². The third kappa shape index (κ3) is 7.90. The van der Waals surface area contributed by atoms with E-state index in [1.165, 1.54) is 28.7 Å². The molecule has 1 unspecified atom stereocenters. The summed E-state index contributed by atoms with van der Waals surface area (Å²) in [5.74, 6) is -0.194. The minimum absolute atomic E-state index is 0.0461. The maximum Gasteiger partial charge on any atom is 0.422 e. The molecule has 1 atom stereocenters. The zero-order chi connectivity index (χ0) is 24.6. The Labute approximate surface area is 191 Å². The van der Waals surface area contributed by atoms with Crippen LogP contribution in [-0.4, -0.2) is 49.6 Å². The predicted molar refractivity (Wildman–Crippen MR) is 116 cm³/mol. The molecule has 0 saturated heterocycles. The number of aromatic nitrogens is 1. The maximum absolute atomic E-state index is 12.6. The number of hydrogen-bond acceptors (Lipinski definition) is 5. The van der Waals surface area contributed by atoms with Gasteiger partial charge in [0.2, 0.25) is 15.9 Å². The number of benzene rings is 1. The predicted octanol–water partition coefficient (Wildman–Crippen LogP) is 3.61. The molecule has 0 saturated carbocycles. The molecule has 2 N–H and O–H groups in total. The van der Waals surface area contributed by atoms with Crippen LogP contribution >= 0.6 is 0 Å². The topological polar surface area (TPSA) is 101 Å². The number of halogens is 3. The second-order valence-corrected chi connectivity index (χ2v) is 9.05. The Morgan fingerprint density at radius 3 is 2.36 bits per heavy atom. The van der Waals surface area contributed by atoms with Gasteiger partial charge in [-0.05, 0) is 36.2 Å². The average Bonchev–Trinajstić information content (AvgIpc) is 2.77. The highest BCUT2D eigenvalue weighted by molar-refractivity contribution is 7.89. The molecule has 8 nitrogen and oxygen atoms in total. The first-order valence-corrected chi connectivity index (χ1v) is 11.7. The highest BCUT2D eigenvalue weighted by Crippen LogP contribution is 2.20. The lowest BCUT2D eigenvalue weighted by molar-refractivity contribution is -0.154. The lowest BCUT2D eigenvalue weighted by Crippen LogP contribution is -2.36. The molecule has 2 amide bonds. The number of urea groups is 1. The first-order valence-electron chi connectivity index (χ1n) is 10.2. The molecule has 1 aromatic heterocycles. The third-order valence-corrected chi connectivity index (χ3v) is 6.77. The summed E-state index contributed by atoms with van der Waals surface area (Å²) in [4.78, 5) is 16.1. The molecule has 0 aliphatic rings. The molecule has 182 valence electrons. The van der Waals surface area contributed by atoms with Crippen LogP contribution in [0.5, 0.6) is 5.88 Å². The lowest BCUT2D eigenvalue weighted by atomic mass is 10.1. The fraction of sp³-hybridized carbons (Fsp3) is 0.429. The first-order chi connectivity index (χ1) is 15.5. The molecular formula is C21H27F3N4O4S. The second kappa shape index (κ2) is 11.3. The van der Waals surface area contributed by atoms with Crippen molar-refractivity contribution in [2.75, 3.05) is 19.7 Å². The third-order valence-electron chi connectivity index (χ3n) is 4.71. The van der Waals surface area contributed by atoms with Gasteiger partial charge < -0.3 is 15.4 Å². The summed E-state index contributed by atoms with van der Waals surface area (Å²) < 4.78 is 67.8. The minimum Gasteiger partial charge on any atom is -0.468 e. The molecule has 0 radical (unpaired) electrons. The van der Waals surface area contributed by atoms with E-state index in [0.29, 0.717) is 24.2 Å². The number of carbonyl (C=O) groups is 1. The number of rotatable bonds is 10. The molecule has 0 aliphatic heterocycles. The van der Waals surface area contributed by atoms with E-state index in [1.807, 2.05) is 0 Å². The van der Waals surface area contributed by atoms with Crippen LogP contribution in [0.15, 0.2) is 47.5 Å². The van der Waals surface area contributed by atoms with Gasteiger partial charge in [-0.3, -0.25) is 0 Å². The summed E-state index contributed by atoms with van der Waals surface area (Å²) >= 11 is 0. The standard InChI is InChI=1S/C21H27F3N4O4S/c1-4-28(5-2)33(30,31)18-8-6-17(7-9-18)15(3)27-20(29)26-13-16-10-11-25-19(12-16)32-14-21(22,23)24/h6-12,15H,4-5,13-14H2,1-3H3,(H2,26,27,29). The molecule has 1 aromatic carbocycles. The van der Waals surface area contributed by atoms with Gasteiger partial charge in [0.25, 0.3) is 0 Å². The van der Waals surface area contributed by atoms with Crippen LogP contribution in [0.1, 0.15) is 37.9 Å². The zero-order valence-corrected chi connectivity index (χ0v) is 19.3. The van der Waals surface area contributed by atoms with Gasteiger partial charge in [-0.25, -0.2) is 18.2 Å². The summed E-state index contributed by atoms with van der Waals surface area (Å²) in [5.41, 5.74) is 1.21. The van der Waals surface area contributed by atoms with Gasteiger partial charge >= 0.3 is 12.2 Å². The van der Waals surface area contributed by atoms with Crippen molar-refractivity contribution in [3.63, 3.8) is 0 Å². The average molecular weight is 489 g/mol. The molecule has 2 aromatic rings. The molecule has 33 heavy (non-hydrogen) atoms. The summed E-state index contributed by atoms with van der Waals surface area (Å²) in [7, 11) is -3.57. The molecule has 0 spiro atoms. The molecule has 0 fully saturated rings. The number of nitrogens with zero attached hydrogens (tertiary/aromatic N) is 2. The van der Waals surface area contributed by atoms with Gasteiger partial charge in [0.05, 0.1) is 10.9 Å². The van der Waals surface area contributed by atoms with Gasteiger partial charge in [-0.1, -0.05) is 26.0 Å². The molecular weight excluding hydrogens is 461 g/mol. The van der Waals surface area contributed by atoms with Crippen LogP contribution in [-0.2, 0) is 16.6 Å². The quantitative estimate of drug-likeness (QED) is 0.532. The van der Waals surface area contributed by atoms with Crippen molar-refractivity contribution in [2.45, 2.75) is 44.4 Å².